The van der Waals surface area contributed by atoms with Crippen molar-refractivity contribution in [2.75, 3.05) is 6.61 Å². The Hall–Kier alpha value is -1.31. The van der Waals surface area contributed by atoms with Gasteiger partial charge in [0.15, 0.2) is 19.9 Å². The van der Waals surface area contributed by atoms with Gasteiger partial charge in [-0.2, -0.15) is 5.26 Å². The van der Waals surface area contributed by atoms with E-state index in [1.165, 1.54) is 5.56 Å². The van der Waals surface area contributed by atoms with Crippen LogP contribution in [0.25, 0.3) is 0 Å². The predicted octanol–water partition coefficient (Wildman–Crippen LogP) is 7.50. The maximum atomic E-state index is 9.36. The molecule has 3 rings (SSSR count). The van der Waals surface area contributed by atoms with Crippen molar-refractivity contribution in [1.82, 2.24) is 0 Å². The van der Waals surface area contributed by atoms with Gasteiger partial charge in [0.25, 0.3) is 0 Å². The van der Waals surface area contributed by atoms with E-state index in [1.54, 1.807) is 0 Å². The lowest BCUT2D eigenvalue weighted by Crippen LogP contribution is -2.53. The molecule has 1 aromatic carbocycles. The summed E-state index contributed by atoms with van der Waals surface area (Å²) in [6, 6.07) is 12.5. The van der Waals surface area contributed by atoms with E-state index in [2.05, 4.69) is 52.1 Å². The molecule has 2 fully saturated rings. The van der Waals surface area contributed by atoms with Gasteiger partial charge in [-0.15, -0.1) is 0 Å². The van der Waals surface area contributed by atoms with Crippen molar-refractivity contribution in [2.24, 2.45) is 0 Å². The Morgan fingerprint density at radius 2 is 1.52 bits per heavy atom. The van der Waals surface area contributed by atoms with Crippen LogP contribution in [0.15, 0.2) is 30.3 Å². The third-order valence-corrected chi connectivity index (χ3v) is 12.8. The maximum absolute atomic E-state index is 9.36. The van der Waals surface area contributed by atoms with E-state index in [4.69, 9.17) is 28.1 Å². The first-order valence-corrected chi connectivity index (χ1v) is 17.9. The number of nitrogens with zero attached hydrogens (tertiary/aromatic N) is 1. The number of hydrogen-bond donors (Lipinski definition) is 0. The van der Waals surface area contributed by atoms with Crippen LogP contribution in [0.3, 0.4) is 0 Å². The summed E-state index contributed by atoms with van der Waals surface area (Å²) in [5.41, 5.74) is 1.18. The average Bonchev–Trinajstić information content (AvgIpc) is 2.82. The second-order valence-electron chi connectivity index (χ2n) is 13.8. The van der Waals surface area contributed by atoms with Crippen LogP contribution in [0.4, 0.5) is 0 Å². The molecule has 5 atom stereocenters. The molecule has 0 N–H and O–H groups in total. The summed E-state index contributed by atoms with van der Waals surface area (Å²) in [7, 11) is -2.09. The van der Waals surface area contributed by atoms with Gasteiger partial charge >= 0.3 is 0 Å². The Morgan fingerprint density at radius 3 is 2.15 bits per heavy atom. The van der Waals surface area contributed by atoms with Crippen LogP contribution in [0.1, 0.15) is 92.6 Å². The minimum absolute atomic E-state index is 0.0520. The highest BCUT2D eigenvalue weighted by molar-refractivity contribution is 6.74. The van der Waals surface area contributed by atoms with Gasteiger partial charge < -0.3 is 28.1 Å². The lowest BCUT2D eigenvalue weighted by atomic mass is 9.95. The fraction of sp³-hybridized carbons (Fsp3) is 0.781. The minimum Gasteiger partial charge on any atom is -0.411 e. The van der Waals surface area contributed by atoms with Crippen LogP contribution < -0.4 is 0 Å². The molecule has 0 amide bonds. The molecule has 2 heterocycles. The fourth-order valence-electron chi connectivity index (χ4n) is 5.38. The molecule has 2 aliphatic rings. The smallest absolute Gasteiger partial charge is 0.192 e. The summed E-state index contributed by atoms with van der Waals surface area (Å²) in [5.74, 6) is -1.42. The molecule has 0 unspecified atom stereocenters. The Labute approximate surface area is 243 Å². The van der Waals surface area contributed by atoms with Gasteiger partial charge in [-0.05, 0) is 70.7 Å². The van der Waals surface area contributed by atoms with Gasteiger partial charge in [-0.1, -0.05) is 51.1 Å². The van der Waals surface area contributed by atoms with Crippen LogP contribution in [0.5, 0.6) is 0 Å². The second-order valence-corrected chi connectivity index (χ2v) is 18.6. The average molecular weight is 576 g/mol. The summed E-state index contributed by atoms with van der Waals surface area (Å²) in [6.07, 6.45) is 4.01. The third kappa shape index (κ3) is 10.2. The number of hydrogen-bond acceptors (Lipinski definition) is 7. The molecule has 0 saturated carbocycles. The van der Waals surface area contributed by atoms with Crippen LogP contribution in [0.2, 0.25) is 18.1 Å². The van der Waals surface area contributed by atoms with Crippen molar-refractivity contribution in [1.29, 1.82) is 5.26 Å². The molecule has 8 heteroatoms. The van der Waals surface area contributed by atoms with Crippen molar-refractivity contribution >= 4 is 8.32 Å². The van der Waals surface area contributed by atoms with Gasteiger partial charge in [0.2, 0.25) is 0 Å². The third-order valence-electron chi connectivity index (χ3n) is 8.26. The van der Waals surface area contributed by atoms with E-state index < -0.39 is 19.9 Å². The fourth-order valence-corrected chi connectivity index (χ4v) is 6.76. The van der Waals surface area contributed by atoms with Crippen molar-refractivity contribution in [3.63, 3.8) is 0 Å². The zero-order valence-electron chi connectivity index (χ0n) is 26.3. The zero-order chi connectivity index (χ0) is 29.6. The normalized spacial score (nSPS) is 27.6. The molecule has 226 valence electrons. The molecule has 0 aliphatic carbocycles. The van der Waals surface area contributed by atoms with E-state index in [0.717, 1.165) is 25.7 Å². The topological polar surface area (TPSA) is 79.2 Å². The summed E-state index contributed by atoms with van der Waals surface area (Å²) in [6.45, 7) is 20.5. The molecule has 2 aliphatic heterocycles. The van der Waals surface area contributed by atoms with Gasteiger partial charge in [-0.3, -0.25) is 0 Å². The molecular weight excluding hydrogens is 522 g/mol. The van der Waals surface area contributed by atoms with Crippen molar-refractivity contribution in [3.8, 4) is 6.07 Å². The number of ether oxygens (including phenoxy) is 5. The van der Waals surface area contributed by atoms with E-state index in [1.807, 2.05) is 45.9 Å². The van der Waals surface area contributed by atoms with E-state index in [0.29, 0.717) is 26.1 Å². The van der Waals surface area contributed by atoms with E-state index in [9.17, 15) is 5.26 Å². The van der Waals surface area contributed by atoms with E-state index in [-0.39, 0.29) is 35.6 Å². The largest absolute Gasteiger partial charge is 0.411 e. The van der Waals surface area contributed by atoms with Crippen LogP contribution in [-0.4, -0.2) is 57.0 Å². The summed E-state index contributed by atoms with van der Waals surface area (Å²) in [4.78, 5) is 0. The molecule has 7 nitrogen and oxygen atoms in total. The van der Waals surface area contributed by atoms with Crippen LogP contribution in [0, 0.1) is 11.3 Å². The van der Waals surface area contributed by atoms with Crippen LogP contribution >= 0.6 is 0 Å². The molecule has 0 spiro atoms. The lowest BCUT2D eigenvalue weighted by molar-refractivity contribution is -0.313. The number of nitriles is 1. The van der Waals surface area contributed by atoms with Gasteiger partial charge in [0.1, 0.15) is 0 Å². The van der Waals surface area contributed by atoms with Crippen molar-refractivity contribution in [3.05, 3.63) is 35.9 Å². The Bertz CT molecular complexity index is 954. The summed E-state index contributed by atoms with van der Waals surface area (Å²) < 4.78 is 38.2. The minimum atomic E-state index is -2.09. The molecule has 1 aromatic rings. The molecule has 40 heavy (non-hydrogen) atoms. The van der Waals surface area contributed by atoms with E-state index >= 15 is 0 Å². The van der Waals surface area contributed by atoms with Gasteiger partial charge in [-0.25, -0.2) is 0 Å². The Kier molecular flexibility index (Phi) is 11.4. The zero-order valence-corrected chi connectivity index (χ0v) is 27.3. The Morgan fingerprint density at radius 1 is 0.925 bits per heavy atom. The standard InChI is InChI=1S/C32H53NO6Si/c1-30(2,3)40(8,9)39-28(29-22-26(17-19-33)36-32(6,7)38-29)16-15-25-21-27(37-31(4,5)35-25)18-20-34-23-24-13-11-10-12-14-24/h10-14,25-29H,15-18,20-23H2,1-9H3/t25-,26-,27+,28-,29-/m1/s1. The summed E-state index contributed by atoms with van der Waals surface area (Å²) >= 11 is 0. The molecule has 0 aromatic heterocycles. The molecule has 2 saturated heterocycles. The first-order chi connectivity index (χ1) is 18.6. The Balaban J connectivity index is 1.65. The monoisotopic (exact) mass is 575 g/mol. The lowest BCUT2D eigenvalue weighted by Gasteiger charge is -2.47. The first kappa shape index (κ1) is 33.2. The highest BCUT2D eigenvalue weighted by Gasteiger charge is 2.45. The number of benzene rings is 1. The number of rotatable bonds is 12. The highest BCUT2D eigenvalue weighted by atomic mass is 28.4. The SMILES string of the molecule is CC1(C)O[C@H](CC[C@@H](O[Si](C)(C)C(C)(C)C)[C@H]2C[C@@H](CC#N)OC(C)(C)O2)C[C@H](CCOCc2ccccc2)O1. The maximum Gasteiger partial charge on any atom is 0.192 e. The van der Waals surface area contributed by atoms with Crippen LogP contribution in [-0.2, 0) is 34.7 Å². The quantitative estimate of drug-likeness (QED) is 0.189. The molecule has 0 radical (unpaired) electrons. The van der Waals surface area contributed by atoms with Crippen molar-refractivity contribution in [2.45, 2.75) is 154 Å². The molecule has 0 bridgehead atoms. The molecular formula is C32H53NO6Si. The second kappa shape index (κ2) is 13.8. The van der Waals surface area contributed by atoms with Gasteiger partial charge in [0.05, 0.1) is 49.6 Å². The predicted molar refractivity (Wildman–Crippen MR) is 159 cm³/mol. The van der Waals surface area contributed by atoms with Crippen molar-refractivity contribution < 1.29 is 28.1 Å². The summed E-state index contributed by atoms with van der Waals surface area (Å²) in [5, 5.41) is 9.43. The van der Waals surface area contributed by atoms with Gasteiger partial charge in [0, 0.05) is 19.4 Å². The highest BCUT2D eigenvalue weighted by Crippen LogP contribution is 2.41. The first-order valence-electron chi connectivity index (χ1n) is 15.0.